The van der Waals surface area contributed by atoms with Crippen LogP contribution in [-0.2, 0) is 12.8 Å². The van der Waals surface area contributed by atoms with Crippen molar-refractivity contribution in [1.82, 2.24) is 5.32 Å². The van der Waals surface area contributed by atoms with Gasteiger partial charge in [0.2, 0.25) is 0 Å². The third-order valence-corrected chi connectivity index (χ3v) is 4.84. The Morgan fingerprint density at radius 3 is 2.95 bits per heavy atom. The maximum Gasteiger partial charge on any atom is 0.123 e. The summed E-state index contributed by atoms with van der Waals surface area (Å²) >= 11 is 0. The molecule has 2 atom stereocenters. The Kier molecular flexibility index (Phi) is 3.63. The molecule has 1 N–H and O–H groups in total. The van der Waals surface area contributed by atoms with Crippen molar-refractivity contribution in [3.05, 3.63) is 23.3 Å². The lowest BCUT2D eigenvalue weighted by Gasteiger charge is -2.29. The number of nitrogens with one attached hydrogen (secondary N) is 1. The van der Waals surface area contributed by atoms with Crippen molar-refractivity contribution in [2.45, 2.75) is 57.6 Å². The Labute approximate surface area is 121 Å². The fourth-order valence-electron chi connectivity index (χ4n) is 3.62. The summed E-state index contributed by atoms with van der Waals surface area (Å²) in [6, 6.07) is 4.38. The summed E-state index contributed by atoms with van der Waals surface area (Å²) in [5, 5.41) is 3.70. The van der Waals surface area contributed by atoms with Gasteiger partial charge in [0.15, 0.2) is 0 Å². The number of methoxy groups -OCH3 is 1. The quantitative estimate of drug-likeness (QED) is 0.916. The van der Waals surface area contributed by atoms with Crippen molar-refractivity contribution in [3.63, 3.8) is 0 Å². The lowest BCUT2D eigenvalue weighted by atomic mass is 9.86. The van der Waals surface area contributed by atoms with Gasteiger partial charge in [-0.3, -0.25) is 0 Å². The molecule has 0 saturated carbocycles. The van der Waals surface area contributed by atoms with Gasteiger partial charge in [-0.1, -0.05) is 6.92 Å². The van der Waals surface area contributed by atoms with Gasteiger partial charge in [0.25, 0.3) is 0 Å². The van der Waals surface area contributed by atoms with E-state index in [0.717, 1.165) is 37.3 Å². The Balaban J connectivity index is 1.91. The molecule has 0 aliphatic carbocycles. The molecular formula is C17H25NO2. The SMILES string of the molecule is CCC1(Cc2cc3c(cc2OC)CC(C)O3)CCCN1. The first kappa shape index (κ1) is 13.7. The summed E-state index contributed by atoms with van der Waals surface area (Å²) in [6.45, 7) is 5.53. The van der Waals surface area contributed by atoms with E-state index in [9.17, 15) is 0 Å². The van der Waals surface area contributed by atoms with Crippen molar-refractivity contribution in [1.29, 1.82) is 0 Å². The average molecular weight is 275 g/mol. The van der Waals surface area contributed by atoms with Crippen LogP contribution in [0.1, 0.15) is 44.2 Å². The van der Waals surface area contributed by atoms with Gasteiger partial charge < -0.3 is 14.8 Å². The van der Waals surface area contributed by atoms with Crippen molar-refractivity contribution in [2.75, 3.05) is 13.7 Å². The molecule has 0 radical (unpaired) electrons. The first-order valence-corrected chi connectivity index (χ1v) is 7.77. The summed E-state index contributed by atoms with van der Waals surface area (Å²) < 4.78 is 11.5. The van der Waals surface area contributed by atoms with E-state index in [4.69, 9.17) is 9.47 Å². The smallest absolute Gasteiger partial charge is 0.123 e. The van der Waals surface area contributed by atoms with Crippen molar-refractivity contribution >= 4 is 0 Å². The van der Waals surface area contributed by atoms with Crippen LogP contribution in [0.5, 0.6) is 11.5 Å². The van der Waals surface area contributed by atoms with Gasteiger partial charge in [0.1, 0.15) is 17.6 Å². The second-order valence-electron chi connectivity index (χ2n) is 6.25. The van der Waals surface area contributed by atoms with Crippen LogP contribution in [-0.4, -0.2) is 25.3 Å². The van der Waals surface area contributed by atoms with Crippen LogP contribution in [0.25, 0.3) is 0 Å². The highest BCUT2D eigenvalue weighted by Gasteiger charge is 2.33. The van der Waals surface area contributed by atoms with Gasteiger partial charge >= 0.3 is 0 Å². The minimum absolute atomic E-state index is 0.242. The summed E-state index contributed by atoms with van der Waals surface area (Å²) in [5.41, 5.74) is 2.80. The lowest BCUT2D eigenvalue weighted by molar-refractivity contribution is 0.254. The second-order valence-corrected chi connectivity index (χ2v) is 6.25. The van der Waals surface area contributed by atoms with Crippen molar-refractivity contribution in [3.8, 4) is 11.5 Å². The highest BCUT2D eigenvalue weighted by Crippen LogP contribution is 2.38. The van der Waals surface area contributed by atoms with E-state index in [0.29, 0.717) is 0 Å². The van der Waals surface area contributed by atoms with Crippen LogP contribution >= 0.6 is 0 Å². The van der Waals surface area contributed by atoms with Crippen molar-refractivity contribution in [2.24, 2.45) is 0 Å². The van der Waals surface area contributed by atoms with Gasteiger partial charge in [-0.05, 0) is 56.8 Å². The van der Waals surface area contributed by atoms with Gasteiger partial charge in [-0.25, -0.2) is 0 Å². The maximum atomic E-state index is 5.90. The molecule has 2 heterocycles. The fourth-order valence-corrected chi connectivity index (χ4v) is 3.62. The van der Waals surface area contributed by atoms with E-state index in [1.807, 2.05) is 0 Å². The second kappa shape index (κ2) is 5.28. The normalized spacial score (nSPS) is 28.2. The van der Waals surface area contributed by atoms with E-state index in [1.165, 1.54) is 24.0 Å². The average Bonchev–Trinajstić information content (AvgIpc) is 3.04. The third kappa shape index (κ3) is 2.39. The molecule has 1 saturated heterocycles. The van der Waals surface area contributed by atoms with E-state index < -0.39 is 0 Å². The molecule has 20 heavy (non-hydrogen) atoms. The Hall–Kier alpha value is -1.22. The van der Waals surface area contributed by atoms with Gasteiger partial charge in [-0.15, -0.1) is 0 Å². The summed E-state index contributed by atoms with van der Waals surface area (Å²) in [7, 11) is 1.77. The number of rotatable bonds is 4. The highest BCUT2D eigenvalue weighted by atomic mass is 16.5. The number of hydrogen-bond donors (Lipinski definition) is 1. The molecule has 110 valence electrons. The zero-order valence-electron chi connectivity index (χ0n) is 12.8. The summed E-state index contributed by atoms with van der Waals surface area (Å²) in [4.78, 5) is 0. The molecule has 0 amide bonds. The molecule has 1 fully saturated rings. The van der Waals surface area contributed by atoms with Gasteiger partial charge in [-0.2, -0.15) is 0 Å². The Morgan fingerprint density at radius 2 is 2.30 bits per heavy atom. The van der Waals surface area contributed by atoms with Gasteiger partial charge in [0.05, 0.1) is 7.11 Å². The minimum Gasteiger partial charge on any atom is -0.496 e. The molecule has 0 spiro atoms. The Bertz CT molecular complexity index is 492. The first-order valence-electron chi connectivity index (χ1n) is 7.77. The standard InChI is InChI=1S/C17H25NO2/c1-4-17(6-5-7-18-17)11-14-10-16-13(8-12(2)20-16)9-15(14)19-3/h9-10,12,18H,4-8,11H2,1-3H3. The zero-order valence-corrected chi connectivity index (χ0v) is 12.8. The Morgan fingerprint density at radius 1 is 1.45 bits per heavy atom. The zero-order chi connectivity index (χ0) is 14.2. The summed E-state index contributed by atoms with van der Waals surface area (Å²) in [5.74, 6) is 2.07. The van der Waals surface area contributed by atoms with Crippen LogP contribution in [0.4, 0.5) is 0 Å². The highest BCUT2D eigenvalue weighted by molar-refractivity contribution is 5.49. The molecule has 2 unspecified atom stereocenters. The topological polar surface area (TPSA) is 30.5 Å². The van der Waals surface area contributed by atoms with E-state index >= 15 is 0 Å². The predicted octanol–water partition coefficient (Wildman–Crippen LogP) is 3.09. The lowest BCUT2D eigenvalue weighted by Crippen LogP contribution is -2.41. The van der Waals surface area contributed by atoms with Crippen LogP contribution in [0.2, 0.25) is 0 Å². The largest absolute Gasteiger partial charge is 0.496 e. The minimum atomic E-state index is 0.242. The molecular weight excluding hydrogens is 250 g/mol. The van der Waals surface area contributed by atoms with Crippen molar-refractivity contribution < 1.29 is 9.47 Å². The molecule has 2 aliphatic rings. The number of ether oxygens (including phenoxy) is 2. The number of benzene rings is 1. The predicted molar refractivity (Wildman–Crippen MR) is 80.8 cm³/mol. The van der Waals surface area contributed by atoms with Crippen LogP contribution in [0, 0.1) is 0 Å². The number of hydrogen-bond acceptors (Lipinski definition) is 3. The van der Waals surface area contributed by atoms with Crippen LogP contribution in [0.15, 0.2) is 12.1 Å². The van der Waals surface area contributed by atoms with E-state index in [1.54, 1.807) is 7.11 Å². The fraction of sp³-hybridized carbons (Fsp3) is 0.647. The molecule has 0 bridgehead atoms. The maximum absolute atomic E-state index is 5.90. The molecule has 3 rings (SSSR count). The monoisotopic (exact) mass is 275 g/mol. The molecule has 0 aromatic heterocycles. The van der Waals surface area contributed by atoms with Crippen LogP contribution in [0.3, 0.4) is 0 Å². The van der Waals surface area contributed by atoms with Gasteiger partial charge in [0, 0.05) is 17.5 Å². The molecule has 3 nitrogen and oxygen atoms in total. The molecule has 2 aliphatic heterocycles. The molecule has 1 aromatic rings. The van der Waals surface area contributed by atoms with Crippen LogP contribution < -0.4 is 14.8 Å². The third-order valence-electron chi connectivity index (χ3n) is 4.84. The molecule has 3 heteroatoms. The summed E-state index contributed by atoms with van der Waals surface area (Å²) in [6.07, 6.45) is 5.98. The first-order chi connectivity index (χ1) is 9.65. The molecule has 1 aromatic carbocycles. The van der Waals surface area contributed by atoms with E-state index in [-0.39, 0.29) is 11.6 Å². The van der Waals surface area contributed by atoms with E-state index in [2.05, 4.69) is 31.3 Å². The number of fused-ring (bicyclic) bond motifs is 1.